The summed E-state index contributed by atoms with van der Waals surface area (Å²) in [5.41, 5.74) is -0.845. The second kappa shape index (κ2) is 13.1. The molecule has 0 heterocycles. The van der Waals surface area contributed by atoms with E-state index in [1.54, 1.807) is 0 Å². The third-order valence-corrected chi connectivity index (χ3v) is 8.24. The van der Waals surface area contributed by atoms with E-state index in [4.69, 9.17) is 19.3 Å². The summed E-state index contributed by atoms with van der Waals surface area (Å²) in [5.74, 6) is -2.51. The summed E-state index contributed by atoms with van der Waals surface area (Å²) in [6, 6.07) is 0. The fourth-order valence-corrected chi connectivity index (χ4v) is 6.34. The van der Waals surface area contributed by atoms with Crippen LogP contribution in [0.4, 0.5) is 0 Å². The molecule has 220 valence electrons. The Bertz CT molecular complexity index is 990. The Morgan fingerprint density at radius 3 is 2.31 bits per heavy atom. The maximum absolute atomic E-state index is 12.5. The first-order chi connectivity index (χ1) is 17.9. The summed E-state index contributed by atoms with van der Waals surface area (Å²) in [6.07, 6.45) is 7.02. The van der Waals surface area contributed by atoms with Gasteiger partial charge in [-0.1, -0.05) is 18.6 Å². The van der Waals surface area contributed by atoms with E-state index < -0.39 is 53.5 Å². The number of carboxylic acids is 1. The Kier molecular flexibility index (Phi) is 10.9. The highest BCUT2D eigenvalue weighted by molar-refractivity contribution is 5.74. The molecule has 9 heteroatoms. The smallest absolute Gasteiger partial charge is 0.309 e. The van der Waals surface area contributed by atoms with Crippen molar-refractivity contribution >= 4 is 23.9 Å². The number of carboxylic acid groups (broad SMARTS) is 1. The summed E-state index contributed by atoms with van der Waals surface area (Å²) in [7, 11) is 0. The van der Waals surface area contributed by atoms with Gasteiger partial charge in [0.25, 0.3) is 0 Å². The number of aliphatic hydroxyl groups is 1. The zero-order valence-electron chi connectivity index (χ0n) is 24.5. The van der Waals surface area contributed by atoms with Gasteiger partial charge in [-0.2, -0.15) is 0 Å². The second-order valence-corrected chi connectivity index (χ2v) is 12.3. The minimum Gasteiger partial charge on any atom is -0.481 e. The monoisotopic (exact) mass is 550 g/mol. The standard InChI is InChI=1S/C30H46O9/c1-19-9-8-10-22(18-37-27(35)17-29(6,36)16-26(33)34)15-25(38-20(2)31)30(7)14-13-23(24(30)12-11-19)28(4,5)39-21(3)32/h9,15,23-25,36H,8,10-14,16-18H2,1-7H3,(H,33,34). The van der Waals surface area contributed by atoms with E-state index in [1.165, 1.54) is 26.3 Å². The molecule has 0 bridgehead atoms. The van der Waals surface area contributed by atoms with E-state index in [0.717, 1.165) is 31.3 Å². The van der Waals surface area contributed by atoms with Gasteiger partial charge in [-0.15, -0.1) is 0 Å². The molecule has 5 unspecified atom stereocenters. The molecule has 0 radical (unpaired) electrons. The SMILES string of the molecule is CC(=O)OC1C=C(COC(=O)CC(C)(O)CC(=O)O)CCC=C(C)CCC2C(C(C)(C)OC(C)=O)CCC12C. The first-order valence-electron chi connectivity index (χ1n) is 13.8. The van der Waals surface area contributed by atoms with Crippen LogP contribution in [-0.4, -0.2) is 58.0 Å². The van der Waals surface area contributed by atoms with Crippen molar-refractivity contribution in [2.75, 3.05) is 6.61 Å². The van der Waals surface area contributed by atoms with Crippen LogP contribution >= 0.6 is 0 Å². The van der Waals surface area contributed by atoms with Crippen molar-refractivity contribution in [3.63, 3.8) is 0 Å². The number of carbonyl (C=O) groups is 4. The summed E-state index contributed by atoms with van der Waals surface area (Å²) in [6.45, 7) is 12.1. The topological polar surface area (TPSA) is 136 Å². The van der Waals surface area contributed by atoms with Gasteiger partial charge in [0.05, 0.1) is 18.4 Å². The number of allylic oxidation sites excluding steroid dienone is 2. The molecule has 2 rings (SSSR count). The Morgan fingerprint density at radius 1 is 1.05 bits per heavy atom. The number of rotatable bonds is 9. The molecule has 0 aromatic rings. The Hall–Kier alpha value is -2.68. The molecule has 0 aromatic heterocycles. The minimum atomic E-state index is -1.72. The maximum atomic E-state index is 12.5. The predicted octanol–water partition coefficient (Wildman–Crippen LogP) is 4.90. The number of esters is 3. The average Bonchev–Trinajstić information content (AvgIpc) is 3.10. The van der Waals surface area contributed by atoms with Crippen LogP contribution < -0.4 is 0 Å². The van der Waals surface area contributed by atoms with Gasteiger partial charge < -0.3 is 24.4 Å². The Morgan fingerprint density at radius 2 is 1.72 bits per heavy atom. The third-order valence-electron chi connectivity index (χ3n) is 8.24. The number of carbonyl (C=O) groups excluding carboxylic acids is 3. The third kappa shape index (κ3) is 9.48. The van der Waals surface area contributed by atoms with Crippen LogP contribution in [0.5, 0.6) is 0 Å². The number of fused-ring (bicyclic) bond motifs is 1. The van der Waals surface area contributed by atoms with E-state index in [9.17, 15) is 24.3 Å². The zero-order valence-corrected chi connectivity index (χ0v) is 24.5. The lowest BCUT2D eigenvalue weighted by atomic mass is 9.67. The van der Waals surface area contributed by atoms with Crippen molar-refractivity contribution in [2.45, 2.75) is 117 Å². The lowest BCUT2D eigenvalue weighted by Gasteiger charge is -2.43. The quantitative estimate of drug-likeness (QED) is 0.233. The fourth-order valence-electron chi connectivity index (χ4n) is 6.34. The minimum absolute atomic E-state index is 0.0594. The molecule has 2 N–H and O–H groups in total. The molecule has 9 nitrogen and oxygen atoms in total. The van der Waals surface area contributed by atoms with Crippen molar-refractivity contribution in [2.24, 2.45) is 17.3 Å². The molecular formula is C30H46O9. The first kappa shape index (κ1) is 32.5. The van der Waals surface area contributed by atoms with Crippen LogP contribution in [0.2, 0.25) is 0 Å². The molecule has 0 amide bonds. The predicted molar refractivity (Wildman–Crippen MR) is 144 cm³/mol. The van der Waals surface area contributed by atoms with Gasteiger partial charge >= 0.3 is 23.9 Å². The molecule has 2 aliphatic carbocycles. The number of hydrogen-bond donors (Lipinski definition) is 2. The highest BCUT2D eigenvalue weighted by Crippen LogP contribution is 2.56. The van der Waals surface area contributed by atoms with Gasteiger partial charge in [-0.3, -0.25) is 19.2 Å². The lowest BCUT2D eigenvalue weighted by Crippen LogP contribution is -2.45. The normalized spacial score (nSPS) is 27.5. The largest absolute Gasteiger partial charge is 0.481 e. The fraction of sp³-hybridized carbons (Fsp3) is 0.733. The summed E-state index contributed by atoms with van der Waals surface area (Å²) < 4.78 is 17.2. The molecule has 0 saturated heterocycles. The number of ether oxygens (including phenoxy) is 3. The lowest BCUT2D eigenvalue weighted by molar-refractivity contribution is -0.163. The van der Waals surface area contributed by atoms with Crippen molar-refractivity contribution in [1.29, 1.82) is 0 Å². The summed E-state index contributed by atoms with van der Waals surface area (Å²) in [4.78, 5) is 47.6. The van der Waals surface area contributed by atoms with Crippen LogP contribution in [0.25, 0.3) is 0 Å². The van der Waals surface area contributed by atoms with Gasteiger partial charge in [-0.25, -0.2) is 0 Å². The molecule has 0 spiro atoms. The highest BCUT2D eigenvalue weighted by Gasteiger charge is 2.55. The molecule has 0 aromatic carbocycles. The van der Waals surface area contributed by atoms with E-state index >= 15 is 0 Å². The van der Waals surface area contributed by atoms with Crippen molar-refractivity contribution < 1.29 is 43.6 Å². The molecule has 5 atom stereocenters. The van der Waals surface area contributed by atoms with Gasteiger partial charge in [0.2, 0.25) is 0 Å². The molecule has 39 heavy (non-hydrogen) atoms. The molecular weight excluding hydrogens is 504 g/mol. The molecule has 1 fully saturated rings. The maximum Gasteiger partial charge on any atom is 0.309 e. The Balaban J connectivity index is 2.40. The van der Waals surface area contributed by atoms with Crippen LogP contribution in [-0.2, 0) is 33.4 Å². The van der Waals surface area contributed by atoms with Gasteiger partial charge in [0.1, 0.15) is 18.3 Å². The van der Waals surface area contributed by atoms with Crippen molar-refractivity contribution in [1.82, 2.24) is 0 Å². The van der Waals surface area contributed by atoms with Crippen LogP contribution in [0.1, 0.15) is 99.8 Å². The molecule has 2 aliphatic rings. The van der Waals surface area contributed by atoms with Gasteiger partial charge in [0, 0.05) is 25.2 Å². The van der Waals surface area contributed by atoms with E-state index in [-0.39, 0.29) is 24.4 Å². The van der Waals surface area contributed by atoms with Crippen LogP contribution in [0, 0.1) is 17.3 Å². The number of aliphatic carboxylic acids is 1. The highest BCUT2D eigenvalue weighted by atomic mass is 16.6. The van der Waals surface area contributed by atoms with E-state index in [2.05, 4.69) is 19.9 Å². The van der Waals surface area contributed by atoms with Crippen molar-refractivity contribution in [3.05, 3.63) is 23.3 Å². The first-order valence-corrected chi connectivity index (χ1v) is 13.8. The summed E-state index contributed by atoms with van der Waals surface area (Å²) >= 11 is 0. The second-order valence-electron chi connectivity index (χ2n) is 12.3. The van der Waals surface area contributed by atoms with Crippen molar-refractivity contribution in [3.8, 4) is 0 Å². The van der Waals surface area contributed by atoms with Crippen LogP contribution in [0.3, 0.4) is 0 Å². The zero-order chi connectivity index (χ0) is 29.6. The van der Waals surface area contributed by atoms with Gasteiger partial charge in [0.15, 0.2) is 0 Å². The van der Waals surface area contributed by atoms with Crippen LogP contribution in [0.15, 0.2) is 23.3 Å². The van der Waals surface area contributed by atoms with E-state index in [0.29, 0.717) is 12.8 Å². The number of hydrogen-bond acceptors (Lipinski definition) is 8. The molecule has 1 saturated carbocycles. The summed E-state index contributed by atoms with van der Waals surface area (Å²) in [5, 5.41) is 19.2. The Labute approximate surface area is 232 Å². The van der Waals surface area contributed by atoms with E-state index in [1.807, 2.05) is 19.9 Å². The average molecular weight is 551 g/mol. The molecule has 0 aliphatic heterocycles. The van der Waals surface area contributed by atoms with Gasteiger partial charge in [-0.05, 0) is 83.8 Å².